The zero-order valence-electron chi connectivity index (χ0n) is 10.3. The molecule has 1 aromatic heterocycles. The van der Waals surface area contributed by atoms with Crippen molar-refractivity contribution in [3.8, 4) is 0 Å². The Kier molecular flexibility index (Phi) is 3.39. The van der Waals surface area contributed by atoms with Crippen molar-refractivity contribution in [2.24, 2.45) is 0 Å². The van der Waals surface area contributed by atoms with Gasteiger partial charge in [0.1, 0.15) is 11.6 Å². The predicted molar refractivity (Wildman–Crippen MR) is 65.9 cm³/mol. The molecule has 0 radical (unpaired) electrons. The van der Waals surface area contributed by atoms with Crippen molar-refractivity contribution in [1.29, 1.82) is 0 Å². The summed E-state index contributed by atoms with van der Waals surface area (Å²) in [6.07, 6.45) is 2.47. The molecule has 0 amide bonds. The number of hydrogen-bond donors (Lipinski definition) is 1. The predicted octanol–water partition coefficient (Wildman–Crippen LogP) is 1.32. The van der Waals surface area contributed by atoms with Crippen LogP contribution in [0, 0.1) is 6.92 Å². The van der Waals surface area contributed by atoms with Crippen LogP contribution in [0.5, 0.6) is 0 Å². The van der Waals surface area contributed by atoms with E-state index < -0.39 is 0 Å². The maximum atomic E-state index is 4.56. The van der Waals surface area contributed by atoms with Crippen molar-refractivity contribution < 1.29 is 0 Å². The van der Waals surface area contributed by atoms with Crippen LogP contribution in [0.15, 0.2) is 6.07 Å². The van der Waals surface area contributed by atoms with Gasteiger partial charge in [-0.3, -0.25) is 0 Å². The molecule has 0 saturated carbocycles. The molecule has 16 heavy (non-hydrogen) atoms. The molecule has 0 bridgehead atoms. The van der Waals surface area contributed by atoms with Gasteiger partial charge in [0.2, 0.25) is 0 Å². The number of nitrogens with zero attached hydrogens (tertiary/aromatic N) is 3. The van der Waals surface area contributed by atoms with Crippen LogP contribution >= 0.6 is 0 Å². The molecule has 0 aliphatic carbocycles. The van der Waals surface area contributed by atoms with Crippen LogP contribution in [0.4, 0.5) is 5.82 Å². The van der Waals surface area contributed by atoms with E-state index in [4.69, 9.17) is 0 Å². The van der Waals surface area contributed by atoms with Gasteiger partial charge in [0, 0.05) is 32.6 Å². The molecule has 88 valence electrons. The lowest BCUT2D eigenvalue weighted by atomic mass is 9.96. The lowest BCUT2D eigenvalue weighted by Gasteiger charge is -2.23. The summed E-state index contributed by atoms with van der Waals surface area (Å²) in [6.45, 7) is 4.15. The van der Waals surface area contributed by atoms with Gasteiger partial charge >= 0.3 is 0 Å². The van der Waals surface area contributed by atoms with Gasteiger partial charge in [0.05, 0.1) is 5.69 Å². The van der Waals surface area contributed by atoms with E-state index in [9.17, 15) is 0 Å². The molecular weight excluding hydrogens is 200 g/mol. The highest BCUT2D eigenvalue weighted by Gasteiger charge is 2.17. The van der Waals surface area contributed by atoms with Crippen molar-refractivity contribution in [2.45, 2.75) is 25.7 Å². The van der Waals surface area contributed by atoms with E-state index in [-0.39, 0.29) is 0 Å². The van der Waals surface area contributed by atoms with Crippen LogP contribution < -0.4 is 10.2 Å². The molecule has 1 aromatic rings. The highest BCUT2D eigenvalue weighted by molar-refractivity contribution is 5.38. The Hall–Kier alpha value is -1.16. The third-order valence-corrected chi connectivity index (χ3v) is 3.02. The van der Waals surface area contributed by atoms with Gasteiger partial charge in [-0.2, -0.15) is 0 Å². The Morgan fingerprint density at radius 2 is 2.19 bits per heavy atom. The summed E-state index contributed by atoms with van der Waals surface area (Å²) in [5.74, 6) is 2.42. The summed E-state index contributed by atoms with van der Waals surface area (Å²) in [5.41, 5.74) is 1.18. The fourth-order valence-electron chi connectivity index (χ4n) is 2.12. The molecule has 1 aliphatic heterocycles. The third kappa shape index (κ3) is 2.50. The summed E-state index contributed by atoms with van der Waals surface area (Å²) in [7, 11) is 4.04. The number of anilines is 1. The third-order valence-electron chi connectivity index (χ3n) is 3.02. The summed E-state index contributed by atoms with van der Waals surface area (Å²) in [5, 5.41) is 3.43. The molecule has 0 spiro atoms. The van der Waals surface area contributed by atoms with Crippen LogP contribution in [0.25, 0.3) is 0 Å². The molecule has 1 fully saturated rings. The van der Waals surface area contributed by atoms with Crippen molar-refractivity contribution >= 4 is 5.82 Å². The highest BCUT2D eigenvalue weighted by Crippen LogP contribution is 2.23. The molecule has 1 saturated heterocycles. The summed E-state index contributed by atoms with van der Waals surface area (Å²) in [4.78, 5) is 11.0. The van der Waals surface area contributed by atoms with E-state index in [0.29, 0.717) is 5.92 Å². The average molecular weight is 220 g/mol. The smallest absolute Gasteiger partial charge is 0.132 e. The highest BCUT2D eigenvalue weighted by atomic mass is 15.1. The first-order chi connectivity index (χ1) is 7.66. The molecule has 0 unspecified atom stereocenters. The lowest BCUT2D eigenvalue weighted by molar-refractivity contribution is 0.453. The second kappa shape index (κ2) is 4.78. The molecule has 1 aliphatic rings. The van der Waals surface area contributed by atoms with Crippen LogP contribution in [0.2, 0.25) is 0 Å². The summed E-state index contributed by atoms with van der Waals surface area (Å²) in [6, 6.07) is 2.12. The zero-order valence-corrected chi connectivity index (χ0v) is 10.3. The quantitative estimate of drug-likeness (QED) is 0.816. The van der Waals surface area contributed by atoms with Gasteiger partial charge in [0.15, 0.2) is 0 Å². The van der Waals surface area contributed by atoms with Crippen molar-refractivity contribution in [1.82, 2.24) is 15.3 Å². The van der Waals surface area contributed by atoms with Gasteiger partial charge in [-0.05, 0) is 26.3 Å². The maximum absolute atomic E-state index is 4.56. The van der Waals surface area contributed by atoms with Crippen molar-refractivity contribution in [3.63, 3.8) is 0 Å². The minimum Gasteiger partial charge on any atom is -0.363 e. The Morgan fingerprint density at radius 1 is 1.38 bits per heavy atom. The van der Waals surface area contributed by atoms with E-state index in [0.717, 1.165) is 24.7 Å². The van der Waals surface area contributed by atoms with Gasteiger partial charge in [-0.1, -0.05) is 0 Å². The SMILES string of the molecule is Cc1nc([C@H]2CCCNC2)cc(N(C)C)n1. The Morgan fingerprint density at radius 3 is 2.81 bits per heavy atom. The van der Waals surface area contributed by atoms with Gasteiger partial charge < -0.3 is 10.2 Å². The number of rotatable bonds is 2. The number of aryl methyl sites for hydroxylation is 1. The Bertz CT molecular complexity index is 356. The first-order valence-corrected chi connectivity index (χ1v) is 5.90. The molecule has 4 heteroatoms. The normalized spacial score (nSPS) is 20.8. The molecule has 2 rings (SSSR count). The van der Waals surface area contributed by atoms with Crippen LogP contribution in [-0.2, 0) is 0 Å². The van der Waals surface area contributed by atoms with Gasteiger partial charge in [-0.15, -0.1) is 0 Å². The van der Waals surface area contributed by atoms with Gasteiger partial charge in [0.25, 0.3) is 0 Å². The number of piperidine rings is 1. The minimum atomic E-state index is 0.550. The van der Waals surface area contributed by atoms with Crippen LogP contribution in [0.1, 0.15) is 30.3 Å². The molecule has 0 aromatic carbocycles. The topological polar surface area (TPSA) is 41.1 Å². The second-order valence-electron chi connectivity index (χ2n) is 4.64. The summed E-state index contributed by atoms with van der Waals surface area (Å²) >= 11 is 0. The molecule has 1 atom stereocenters. The first-order valence-electron chi connectivity index (χ1n) is 5.90. The average Bonchev–Trinajstić information content (AvgIpc) is 2.29. The summed E-state index contributed by atoms with van der Waals surface area (Å²) < 4.78 is 0. The molecule has 2 heterocycles. The molecule has 4 nitrogen and oxygen atoms in total. The standard InChI is InChI=1S/C12H20N4/c1-9-14-11(7-12(15-9)16(2)3)10-5-4-6-13-8-10/h7,10,13H,4-6,8H2,1-3H3/t10-/m0/s1. The minimum absolute atomic E-state index is 0.550. The fraction of sp³-hybridized carbons (Fsp3) is 0.667. The molecular formula is C12H20N4. The van der Waals surface area contributed by atoms with Crippen molar-refractivity contribution in [2.75, 3.05) is 32.1 Å². The molecule has 1 N–H and O–H groups in total. The zero-order chi connectivity index (χ0) is 11.5. The van der Waals surface area contributed by atoms with E-state index in [1.165, 1.54) is 18.5 Å². The first kappa shape index (κ1) is 11.3. The maximum Gasteiger partial charge on any atom is 0.132 e. The Labute approximate surface area is 97.1 Å². The lowest BCUT2D eigenvalue weighted by Crippen LogP contribution is -2.29. The van der Waals surface area contributed by atoms with Crippen LogP contribution in [0.3, 0.4) is 0 Å². The second-order valence-corrected chi connectivity index (χ2v) is 4.64. The number of nitrogens with one attached hydrogen (secondary N) is 1. The monoisotopic (exact) mass is 220 g/mol. The van der Waals surface area contributed by atoms with Crippen molar-refractivity contribution in [3.05, 3.63) is 17.6 Å². The number of aromatic nitrogens is 2. The number of hydrogen-bond acceptors (Lipinski definition) is 4. The van der Waals surface area contributed by atoms with Crippen LogP contribution in [-0.4, -0.2) is 37.2 Å². The van der Waals surface area contributed by atoms with E-state index in [1.54, 1.807) is 0 Å². The Balaban J connectivity index is 2.25. The largest absolute Gasteiger partial charge is 0.363 e. The van der Waals surface area contributed by atoms with E-state index in [1.807, 2.05) is 25.9 Å². The van der Waals surface area contributed by atoms with E-state index >= 15 is 0 Å². The fourth-order valence-corrected chi connectivity index (χ4v) is 2.12. The van der Waals surface area contributed by atoms with E-state index in [2.05, 4.69) is 21.4 Å². The van der Waals surface area contributed by atoms with Gasteiger partial charge in [-0.25, -0.2) is 9.97 Å².